The number of rotatable bonds is 7. The number of sulfonamides is 1. The van der Waals surface area contributed by atoms with E-state index in [1.165, 1.54) is 35.2 Å². The minimum absolute atomic E-state index is 0.139. The third kappa shape index (κ3) is 5.80. The van der Waals surface area contributed by atoms with E-state index in [1.807, 2.05) is 18.2 Å². The van der Waals surface area contributed by atoms with E-state index in [4.69, 9.17) is 0 Å². The molecule has 0 saturated carbocycles. The van der Waals surface area contributed by atoms with Crippen LogP contribution in [-0.2, 0) is 23.1 Å². The third-order valence-electron chi connectivity index (χ3n) is 6.53. The highest BCUT2D eigenvalue weighted by Gasteiger charge is 2.29. The fraction of sp³-hybridized carbons (Fsp3) is 0.480. The molecule has 2 aliphatic rings. The molecule has 0 spiro atoms. The van der Waals surface area contributed by atoms with Gasteiger partial charge in [-0.15, -0.1) is 0 Å². The molecule has 2 fully saturated rings. The number of nitrogens with one attached hydrogen (secondary N) is 1. The molecule has 0 unspecified atom stereocenters. The Balaban J connectivity index is 1.46. The Kier molecular flexibility index (Phi) is 7.78. The number of amides is 1. The van der Waals surface area contributed by atoms with Crippen molar-refractivity contribution >= 4 is 15.9 Å². The Morgan fingerprint density at radius 3 is 2.21 bits per heavy atom. The summed E-state index contributed by atoms with van der Waals surface area (Å²) in [5, 5.41) is 2.88. The van der Waals surface area contributed by atoms with Gasteiger partial charge < -0.3 is 5.32 Å². The zero-order valence-corrected chi connectivity index (χ0v) is 19.7. The maximum atomic E-state index is 14.5. The van der Waals surface area contributed by atoms with Crippen molar-refractivity contribution < 1.29 is 17.6 Å². The molecule has 2 aromatic carbocycles. The summed E-state index contributed by atoms with van der Waals surface area (Å²) >= 11 is 0. The number of carbonyl (C=O) groups excluding carboxylic acids is 1. The van der Waals surface area contributed by atoms with Gasteiger partial charge in [0.2, 0.25) is 10.0 Å². The van der Waals surface area contributed by atoms with Crippen LogP contribution >= 0.6 is 0 Å². The van der Waals surface area contributed by atoms with E-state index in [-0.39, 0.29) is 5.56 Å². The molecule has 2 saturated heterocycles. The number of nitrogens with zero attached hydrogens (tertiary/aromatic N) is 2. The van der Waals surface area contributed by atoms with E-state index in [9.17, 15) is 17.6 Å². The van der Waals surface area contributed by atoms with Crippen LogP contribution in [-0.4, -0.2) is 49.7 Å². The summed E-state index contributed by atoms with van der Waals surface area (Å²) in [5.41, 5.74) is 2.34. The van der Waals surface area contributed by atoms with Crippen molar-refractivity contribution in [3.05, 3.63) is 65.0 Å². The fourth-order valence-electron chi connectivity index (χ4n) is 4.61. The van der Waals surface area contributed by atoms with Crippen LogP contribution in [0, 0.1) is 5.82 Å². The SMILES string of the molecule is O=C(NCc1ccccc1CN1CCCCC1)c1ccc(F)c(S(=O)(=O)N2CCCCC2)c1. The summed E-state index contributed by atoms with van der Waals surface area (Å²) < 4.78 is 41.7. The van der Waals surface area contributed by atoms with Crippen molar-refractivity contribution in [1.82, 2.24) is 14.5 Å². The molecule has 2 aromatic rings. The Morgan fingerprint density at radius 2 is 1.52 bits per heavy atom. The summed E-state index contributed by atoms with van der Waals surface area (Å²) in [7, 11) is -3.97. The van der Waals surface area contributed by atoms with Crippen LogP contribution in [0.3, 0.4) is 0 Å². The molecule has 8 heteroatoms. The van der Waals surface area contributed by atoms with Crippen molar-refractivity contribution in [2.75, 3.05) is 26.2 Å². The average Bonchev–Trinajstić information content (AvgIpc) is 2.84. The first-order chi connectivity index (χ1) is 15.9. The lowest BCUT2D eigenvalue weighted by molar-refractivity contribution is 0.0950. The molecule has 4 rings (SSSR count). The molecule has 0 aromatic heterocycles. The minimum atomic E-state index is -3.97. The molecular weight excluding hydrogens is 441 g/mol. The van der Waals surface area contributed by atoms with E-state index < -0.39 is 26.6 Å². The van der Waals surface area contributed by atoms with Crippen LogP contribution < -0.4 is 5.32 Å². The first-order valence-electron chi connectivity index (χ1n) is 11.8. The van der Waals surface area contributed by atoms with E-state index in [0.717, 1.165) is 56.6 Å². The monoisotopic (exact) mass is 473 g/mol. The second-order valence-corrected chi connectivity index (χ2v) is 10.8. The van der Waals surface area contributed by atoms with Crippen LogP contribution in [0.4, 0.5) is 4.39 Å². The Hall–Kier alpha value is -2.29. The highest BCUT2D eigenvalue weighted by molar-refractivity contribution is 7.89. The Labute approximate surface area is 195 Å². The molecule has 2 aliphatic heterocycles. The number of hydrogen-bond acceptors (Lipinski definition) is 4. The topological polar surface area (TPSA) is 69.7 Å². The van der Waals surface area contributed by atoms with Crippen molar-refractivity contribution in [1.29, 1.82) is 0 Å². The summed E-state index contributed by atoms with van der Waals surface area (Å²) in [4.78, 5) is 14.8. The van der Waals surface area contributed by atoms with Gasteiger partial charge in [0.1, 0.15) is 10.7 Å². The lowest BCUT2D eigenvalue weighted by atomic mass is 10.0. The highest BCUT2D eigenvalue weighted by Crippen LogP contribution is 2.24. The number of benzene rings is 2. The molecule has 178 valence electrons. The van der Waals surface area contributed by atoms with Gasteiger partial charge in [-0.2, -0.15) is 4.31 Å². The van der Waals surface area contributed by atoms with Crippen LogP contribution in [0.5, 0.6) is 0 Å². The quantitative estimate of drug-likeness (QED) is 0.662. The molecule has 33 heavy (non-hydrogen) atoms. The largest absolute Gasteiger partial charge is 0.348 e. The van der Waals surface area contributed by atoms with Crippen LogP contribution in [0.15, 0.2) is 47.4 Å². The maximum Gasteiger partial charge on any atom is 0.251 e. The van der Waals surface area contributed by atoms with Gasteiger partial charge >= 0.3 is 0 Å². The molecule has 6 nitrogen and oxygen atoms in total. The number of halogens is 1. The van der Waals surface area contributed by atoms with Crippen molar-refractivity contribution in [2.45, 2.75) is 56.5 Å². The van der Waals surface area contributed by atoms with Gasteiger partial charge in [0.05, 0.1) is 0 Å². The minimum Gasteiger partial charge on any atom is -0.348 e. The van der Waals surface area contributed by atoms with E-state index in [0.29, 0.717) is 19.6 Å². The number of piperidine rings is 2. The standard InChI is InChI=1S/C25H32FN3O3S/c26-23-12-11-20(17-24(23)33(31,32)29-15-7-2-8-16-29)25(30)27-18-21-9-3-4-10-22(21)19-28-13-5-1-6-14-28/h3-4,9-12,17H,1-2,5-8,13-16,18-19H2,(H,27,30). The van der Waals surface area contributed by atoms with E-state index in [2.05, 4.69) is 16.3 Å². The van der Waals surface area contributed by atoms with Gasteiger partial charge in [0, 0.05) is 31.7 Å². The molecule has 1 N–H and O–H groups in total. The van der Waals surface area contributed by atoms with Crippen LogP contribution in [0.2, 0.25) is 0 Å². The molecule has 2 heterocycles. The van der Waals surface area contributed by atoms with Crippen molar-refractivity contribution in [2.24, 2.45) is 0 Å². The lowest BCUT2D eigenvalue weighted by Gasteiger charge is -2.27. The number of carbonyl (C=O) groups is 1. The predicted octanol–water partition coefficient (Wildman–Crippen LogP) is 3.92. The van der Waals surface area contributed by atoms with Crippen LogP contribution in [0.1, 0.15) is 60.0 Å². The van der Waals surface area contributed by atoms with Gasteiger partial charge in [-0.05, 0) is 68.1 Å². The molecule has 0 bridgehead atoms. The van der Waals surface area contributed by atoms with Crippen molar-refractivity contribution in [3.63, 3.8) is 0 Å². The Bertz CT molecular complexity index is 1080. The number of likely N-dealkylation sites (tertiary alicyclic amines) is 1. The van der Waals surface area contributed by atoms with Gasteiger partial charge in [0.15, 0.2) is 0 Å². The van der Waals surface area contributed by atoms with Crippen molar-refractivity contribution in [3.8, 4) is 0 Å². The summed E-state index contributed by atoms with van der Waals surface area (Å²) in [5.74, 6) is -1.25. The van der Waals surface area contributed by atoms with Crippen LogP contribution in [0.25, 0.3) is 0 Å². The summed E-state index contributed by atoms with van der Waals surface area (Å²) in [6.45, 7) is 4.11. The first-order valence-corrected chi connectivity index (χ1v) is 13.3. The second kappa shape index (κ2) is 10.8. The number of hydrogen-bond donors (Lipinski definition) is 1. The van der Waals surface area contributed by atoms with Gasteiger partial charge in [-0.3, -0.25) is 9.69 Å². The predicted molar refractivity (Wildman–Crippen MR) is 126 cm³/mol. The molecule has 1 amide bonds. The van der Waals surface area contributed by atoms with E-state index >= 15 is 0 Å². The first kappa shape index (κ1) is 23.9. The second-order valence-electron chi connectivity index (χ2n) is 8.90. The Morgan fingerprint density at radius 1 is 0.879 bits per heavy atom. The summed E-state index contributed by atoms with van der Waals surface area (Å²) in [6, 6.07) is 11.6. The summed E-state index contributed by atoms with van der Waals surface area (Å²) in [6.07, 6.45) is 6.20. The molecule has 0 radical (unpaired) electrons. The third-order valence-corrected chi connectivity index (χ3v) is 8.44. The van der Waals surface area contributed by atoms with E-state index in [1.54, 1.807) is 0 Å². The highest BCUT2D eigenvalue weighted by atomic mass is 32.2. The average molecular weight is 474 g/mol. The van der Waals surface area contributed by atoms with Gasteiger partial charge in [-0.25, -0.2) is 12.8 Å². The molecule has 0 aliphatic carbocycles. The van der Waals surface area contributed by atoms with Gasteiger partial charge in [-0.1, -0.05) is 37.1 Å². The molecular formula is C25H32FN3O3S. The smallest absolute Gasteiger partial charge is 0.251 e. The lowest BCUT2D eigenvalue weighted by Crippen LogP contribution is -2.36. The fourth-order valence-corrected chi connectivity index (χ4v) is 6.21. The maximum absolute atomic E-state index is 14.5. The van der Waals surface area contributed by atoms with Gasteiger partial charge in [0.25, 0.3) is 5.91 Å². The zero-order valence-electron chi connectivity index (χ0n) is 18.9. The molecule has 0 atom stereocenters. The zero-order chi connectivity index (χ0) is 23.3. The normalized spacial score (nSPS) is 18.2.